The van der Waals surface area contributed by atoms with Crippen molar-refractivity contribution in [3.63, 3.8) is 0 Å². The van der Waals surface area contributed by atoms with Crippen LogP contribution in [-0.4, -0.2) is 35.2 Å². The smallest absolute Gasteiger partial charge is 0.267 e. The number of ether oxygens (including phenoxy) is 2. The number of rotatable bonds is 5. The zero-order valence-corrected chi connectivity index (χ0v) is 16.3. The van der Waals surface area contributed by atoms with E-state index in [1.54, 1.807) is 12.1 Å². The minimum Gasteiger partial charge on any atom is -0.488 e. The maximum atomic E-state index is 14.9. The van der Waals surface area contributed by atoms with E-state index in [2.05, 4.69) is 9.97 Å². The molecule has 9 heteroatoms. The lowest BCUT2D eigenvalue weighted by atomic mass is 10.0. The van der Waals surface area contributed by atoms with Gasteiger partial charge in [-0.1, -0.05) is 6.07 Å². The van der Waals surface area contributed by atoms with E-state index in [-0.39, 0.29) is 23.1 Å². The number of carbonyl (C=O) groups excluding carboxylic acids is 1. The SMILES string of the molecule is NC(=O)c1nc(-c2c(F)cc(OC3CCCOC3)cc2F)c(F)cc1-c1cccnc1. The molecule has 3 aromatic rings. The third kappa shape index (κ3) is 4.36. The molecule has 4 rings (SSSR count). The van der Waals surface area contributed by atoms with Gasteiger partial charge in [-0.25, -0.2) is 18.2 Å². The van der Waals surface area contributed by atoms with Crippen molar-refractivity contribution in [2.45, 2.75) is 18.9 Å². The van der Waals surface area contributed by atoms with Crippen LogP contribution >= 0.6 is 0 Å². The minimum atomic E-state index is -1.08. The number of pyridine rings is 2. The highest BCUT2D eigenvalue weighted by molar-refractivity contribution is 5.98. The molecule has 1 aromatic carbocycles. The fraction of sp³-hybridized carbons (Fsp3) is 0.227. The second-order valence-corrected chi connectivity index (χ2v) is 7.04. The molecule has 160 valence electrons. The summed E-state index contributed by atoms with van der Waals surface area (Å²) in [4.78, 5) is 19.7. The molecule has 0 radical (unpaired) electrons. The molecule has 0 saturated carbocycles. The Labute approximate surface area is 175 Å². The fourth-order valence-corrected chi connectivity index (χ4v) is 3.43. The van der Waals surface area contributed by atoms with Crippen molar-refractivity contribution in [3.05, 3.63) is 65.9 Å². The highest BCUT2D eigenvalue weighted by atomic mass is 19.1. The summed E-state index contributed by atoms with van der Waals surface area (Å²) in [6.45, 7) is 0.933. The first-order valence-electron chi connectivity index (χ1n) is 9.58. The number of amides is 1. The van der Waals surface area contributed by atoms with Gasteiger partial charge in [0.2, 0.25) is 0 Å². The summed E-state index contributed by atoms with van der Waals surface area (Å²) in [6, 6.07) is 6.03. The molecular weight excluding hydrogens is 411 g/mol. The van der Waals surface area contributed by atoms with Gasteiger partial charge in [0.25, 0.3) is 5.91 Å². The van der Waals surface area contributed by atoms with Gasteiger partial charge in [0.05, 0.1) is 12.2 Å². The van der Waals surface area contributed by atoms with Crippen LogP contribution in [0.4, 0.5) is 13.2 Å². The molecule has 1 aliphatic rings. The molecule has 3 heterocycles. The summed E-state index contributed by atoms with van der Waals surface area (Å²) in [6.07, 6.45) is 4.04. The van der Waals surface area contributed by atoms with E-state index in [1.807, 2.05) is 0 Å². The predicted octanol–water partition coefficient (Wildman–Crippen LogP) is 3.88. The Morgan fingerprint density at radius 1 is 1.16 bits per heavy atom. The Morgan fingerprint density at radius 2 is 1.94 bits per heavy atom. The van der Waals surface area contributed by atoms with Crippen LogP contribution < -0.4 is 10.5 Å². The Bertz CT molecular complexity index is 1100. The standard InChI is InChI=1S/C22H18F3N3O3/c23-16-7-14(31-13-4-2-6-30-11-13)8-17(24)19(16)21-18(25)9-15(20(28-21)22(26)29)12-3-1-5-27-10-12/h1,3,5,7-10,13H,2,4,6,11H2,(H2,26,29). The highest BCUT2D eigenvalue weighted by Gasteiger charge is 2.24. The normalized spacial score (nSPS) is 16.2. The van der Waals surface area contributed by atoms with Gasteiger partial charge in [0.15, 0.2) is 0 Å². The number of benzene rings is 1. The van der Waals surface area contributed by atoms with Gasteiger partial charge in [-0.2, -0.15) is 0 Å². The van der Waals surface area contributed by atoms with Crippen LogP contribution in [0.1, 0.15) is 23.3 Å². The van der Waals surface area contributed by atoms with Crippen LogP contribution in [-0.2, 0) is 4.74 Å². The van der Waals surface area contributed by atoms with Crippen molar-refractivity contribution < 1.29 is 27.4 Å². The second kappa shape index (κ2) is 8.73. The number of hydrogen-bond donors (Lipinski definition) is 1. The number of carbonyl (C=O) groups is 1. The first-order chi connectivity index (χ1) is 14.9. The Balaban J connectivity index is 1.75. The van der Waals surface area contributed by atoms with Crippen molar-refractivity contribution in [2.75, 3.05) is 13.2 Å². The molecule has 1 amide bonds. The molecule has 2 N–H and O–H groups in total. The van der Waals surface area contributed by atoms with Crippen molar-refractivity contribution in [3.8, 4) is 28.1 Å². The lowest BCUT2D eigenvalue weighted by molar-refractivity contribution is 0.00720. The van der Waals surface area contributed by atoms with Gasteiger partial charge in [-0.3, -0.25) is 9.78 Å². The number of halogens is 3. The van der Waals surface area contributed by atoms with Crippen molar-refractivity contribution >= 4 is 5.91 Å². The molecule has 0 spiro atoms. The summed E-state index contributed by atoms with van der Waals surface area (Å²) in [7, 11) is 0. The highest BCUT2D eigenvalue weighted by Crippen LogP contribution is 2.34. The molecule has 0 aliphatic carbocycles. The van der Waals surface area contributed by atoms with E-state index in [0.29, 0.717) is 25.2 Å². The fourth-order valence-electron chi connectivity index (χ4n) is 3.43. The first-order valence-corrected chi connectivity index (χ1v) is 9.58. The monoisotopic (exact) mass is 429 g/mol. The molecular formula is C22H18F3N3O3. The van der Waals surface area contributed by atoms with E-state index in [1.165, 1.54) is 12.4 Å². The molecule has 1 atom stereocenters. The summed E-state index contributed by atoms with van der Waals surface area (Å²) in [5, 5.41) is 0. The number of primary amides is 1. The zero-order chi connectivity index (χ0) is 22.0. The average molecular weight is 429 g/mol. The molecule has 1 saturated heterocycles. The van der Waals surface area contributed by atoms with E-state index in [9.17, 15) is 18.0 Å². The van der Waals surface area contributed by atoms with Gasteiger partial charge >= 0.3 is 0 Å². The zero-order valence-electron chi connectivity index (χ0n) is 16.3. The van der Waals surface area contributed by atoms with E-state index in [0.717, 1.165) is 24.6 Å². The molecule has 1 aliphatic heterocycles. The van der Waals surface area contributed by atoms with Gasteiger partial charge in [0, 0.05) is 42.3 Å². The van der Waals surface area contributed by atoms with Crippen LogP contribution in [0.3, 0.4) is 0 Å². The van der Waals surface area contributed by atoms with Crippen LogP contribution in [0.5, 0.6) is 5.75 Å². The van der Waals surface area contributed by atoms with Crippen molar-refractivity contribution in [1.82, 2.24) is 9.97 Å². The minimum absolute atomic E-state index is 0.0447. The van der Waals surface area contributed by atoms with Crippen molar-refractivity contribution in [2.24, 2.45) is 5.73 Å². The quantitative estimate of drug-likeness (QED) is 0.665. The Kier molecular flexibility index (Phi) is 5.85. The summed E-state index contributed by atoms with van der Waals surface area (Å²) in [5.41, 5.74) is 4.13. The van der Waals surface area contributed by atoms with Crippen LogP contribution in [0.2, 0.25) is 0 Å². The van der Waals surface area contributed by atoms with E-state index >= 15 is 0 Å². The van der Waals surface area contributed by atoms with Crippen LogP contribution in [0, 0.1) is 17.5 Å². The summed E-state index contributed by atoms with van der Waals surface area (Å²) in [5.74, 6) is -4.20. The number of nitrogens with zero attached hydrogens (tertiary/aromatic N) is 2. The van der Waals surface area contributed by atoms with E-state index in [4.69, 9.17) is 15.2 Å². The molecule has 31 heavy (non-hydrogen) atoms. The maximum Gasteiger partial charge on any atom is 0.267 e. The third-order valence-electron chi connectivity index (χ3n) is 4.86. The molecule has 1 unspecified atom stereocenters. The first kappa shape index (κ1) is 20.8. The van der Waals surface area contributed by atoms with Gasteiger partial charge in [0.1, 0.15) is 40.7 Å². The van der Waals surface area contributed by atoms with Gasteiger partial charge in [-0.05, 0) is 25.0 Å². The molecule has 0 bridgehead atoms. The number of nitrogens with two attached hydrogens (primary N) is 1. The third-order valence-corrected chi connectivity index (χ3v) is 4.86. The van der Waals surface area contributed by atoms with Crippen LogP contribution in [0.15, 0.2) is 42.7 Å². The van der Waals surface area contributed by atoms with Crippen LogP contribution in [0.25, 0.3) is 22.4 Å². The largest absolute Gasteiger partial charge is 0.488 e. The summed E-state index contributed by atoms with van der Waals surface area (Å²) < 4.78 is 55.4. The molecule has 6 nitrogen and oxygen atoms in total. The molecule has 1 fully saturated rings. The maximum absolute atomic E-state index is 14.9. The Hall–Kier alpha value is -3.46. The van der Waals surface area contributed by atoms with E-state index < -0.39 is 34.6 Å². The Morgan fingerprint density at radius 3 is 2.55 bits per heavy atom. The summed E-state index contributed by atoms with van der Waals surface area (Å²) >= 11 is 0. The number of hydrogen-bond acceptors (Lipinski definition) is 5. The topological polar surface area (TPSA) is 87.3 Å². The average Bonchev–Trinajstić information content (AvgIpc) is 2.75. The predicted molar refractivity (Wildman–Crippen MR) is 106 cm³/mol. The second-order valence-electron chi connectivity index (χ2n) is 7.04. The lowest BCUT2D eigenvalue weighted by Gasteiger charge is -2.23. The lowest BCUT2D eigenvalue weighted by Crippen LogP contribution is -2.28. The molecule has 2 aromatic heterocycles. The van der Waals surface area contributed by atoms with Gasteiger partial charge in [-0.15, -0.1) is 0 Å². The number of aromatic nitrogens is 2. The van der Waals surface area contributed by atoms with Gasteiger partial charge < -0.3 is 15.2 Å². The van der Waals surface area contributed by atoms with Crippen molar-refractivity contribution in [1.29, 1.82) is 0 Å².